The van der Waals surface area contributed by atoms with E-state index in [1.807, 2.05) is 25.7 Å². The predicted molar refractivity (Wildman–Crippen MR) is 85.3 cm³/mol. The summed E-state index contributed by atoms with van der Waals surface area (Å²) in [6.07, 6.45) is 3.04. The molecule has 1 heterocycles. The molecular weight excluding hydrogens is 262 g/mol. The molecule has 1 aliphatic rings. The zero-order chi connectivity index (χ0) is 15.5. The van der Waals surface area contributed by atoms with Crippen molar-refractivity contribution in [3.8, 4) is 0 Å². The van der Waals surface area contributed by atoms with Gasteiger partial charge in [-0.1, -0.05) is 30.3 Å². The molecule has 1 amide bonds. The number of hydrogen-bond acceptors (Lipinski definition) is 2. The average Bonchev–Trinajstić information content (AvgIpc) is 2.37. The molecule has 1 saturated heterocycles. The Balaban J connectivity index is 1.89. The Labute approximate surface area is 128 Å². The van der Waals surface area contributed by atoms with Gasteiger partial charge in [-0.3, -0.25) is 0 Å². The van der Waals surface area contributed by atoms with Crippen molar-refractivity contribution < 1.29 is 9.53 Å². The Morgan fingerprint density at radius 3 is 2.52 bits per heavy atom. The predicted octanol–water partition coefficient (Wildman–Crippen LogP) is 4.26. The molecule has 1 aromatic carbocycles. The van der Waals surface area contributed by atoms with Crippen molar-refractivity contribution >= 4 is 6.09 Å². The third-order valence-corrected chi connectivity index (χ3v) is 3.98. The zero-order valence-corrected chi connectivity index (χ0v) is 13.6. The van der Waals surface area contributed by atoms with Crippen LogP contribution >= 0.6 is 0 Å². The van der Waals surface area contributed by atoms with E-state index in [2.05, 4.69) is 37.3 Å². The molecule has 0 radical (unpaired) electrons. The number of carbonyl (C=O) groups excluding carboxylic acids is 1. The van der Waals surface area contributed by atoms with Gasteiger partial charge in [-0.25, -0.2) is 4.79 Å². The first-order valence-electron chi connectivity index (χ1n) is 7.88. The fourth-order valence-corrected chi connectivity index (χ4v) is 2.99. The number of carbonyl (C=O) groups is 1. The van der Waals surface area contributed by atoms with Crippen molar-refractivity contribution in [2.24, 2.45) is 5.92 Å². The van der Waals surface area contributed by atoms with Gasteiger partial charge in [0.05, 0.1) is 0 Å². The van der Waals surface area contributed by atoms with Crippen molar-refractivity contribution in [2.45, 2.75) is 58.6 Å². The standard InChI is InChI=1S/C18H27NO2/c1-14-12-16(13-15-8-6-5-7-9-15)10-11-19(14)17(20)21-18(2,3)4/h5-9,14,16H,10-13H2,1-4H3/t14-,16-/m1/s1. The van der Waals surface area contributed by atoms with E-state index < -0.39 is 5.60 Å². The summed E-state index contributed by atoms with van der Waals surface area (Å²) in [6, 6.07) is 10.9. The van der Waals surface area contributed by atoms with Crippen LogP contribution in [0.15, 0.2) is 30.3 Å². The smallest absolute Gasteiger partial charge is 0.410 e. The molecule has 0 aliphatic carbocycles. The summed E-state index contributed by atoms with van der Waals surface area (Å²) in [5.74, 6) is 0.654. The molecule has 116 valence electrons. The number of likely N-dealkylation sites (tertiary alicyclic amines) is 1. The SMILES string of the molecule is C[C@@H]1C[C@H](Cc2ccccc2)CCN1C(=O)OC(C)(C)C. The summed E-state index contributed by atoms with van der Waals surface area (Å²) in [6.45, 7) is 8.67. The lowest BCUT2D eigenvalue weighted by atomic mass is 9.87. The molecule has 3 heteroatoms. The summed E-state index contributed by atoms with van der Waals surface area (Å²) >= 11 is 0. The van der Waals surface area contributed by atoms with Gasteiger partial charge in [-0.15, -0.1) is 0 Å². The van der Waals surface area contributed by atoms with Crippen LogP contribution in [0.5, 0.6) is 0 Å². The first-order chi connectivity index (χ1) is 9.85. The quantitative estimate of drug-likeness (QED) is 0.814. The maximum Gasteiger partial charge on any atom is 0.410 e. The normalized spacial score (nSPS) is 23.0. The molecule has 0 bridgehead atoms. The molecule has 1 aromatic rings. The average molecular weight is 289 g/mol. The monoisotopic (exact) mass is 289 g/mol. The summed E-state index contributed by atoms with van der Waals surface area (Å²) in [5.41, 5.74) is 0.970. The van der Waals surface area contributed by atoms with E-state index in [-0.39, 0.29) is 12.1 Å². The highest BCUT2D eigenvalue weighted by atomic mass is 16.6. The molecular formula is C18H27NO2. The highest BCUT2D eigenvalue weighted by molar-refractivity contribution is 5.68. The van der Waals surface area contributed by atoms with E-state index >= 15 is 0 Å². The maximum absolute atomic E-state index is 12.2. The lowest BCUT2D eigenvalue weighted by molar-refractivity contribution is 0.00719. The molecule has 0 saturated carbocycles. The van der Waals surface area contributed by atoms with Crippen LogP contribution in [-0.4, -0.2) is 29.2 Å². The van der Waals surface area contributed by atoms with Gasteiger partial charge in [0.2, 0.25) is 0 Å². The third-order valence-electron chi connectivity index (χ3n) is 3.98. The van der Waals surface area contributed by atoms with E-state index in [1.54, 1.807) is 0 Å². The highest BCUT2D eigenvalue weighted by Crippen LogP contribution is 2.27. The minimum absolute atomic E-state index is 0.173. The van der Waals surface area contributed by atoms with Crippen molar-refractivity contribution in [1.29, 1.82) is 0 Å². The van der Waals surface area contributed by atoms with Gasteiger partial charge in [-0.2, -0.15) is 0 Å². The Morgan fingerprint density at radius 1 is 1.29 bits per heavy atom. The Hall–Kier alpha value is -1.51. The van der Waals surface area contributed by atoms with Crippen molar-refractivity contribution in [3.05, 3.63) is 35.9 Å². The largest absolute Gasteiger partial charge is 0.444 e. The summed E-state index contributed by atoms with van der Waals surface area (Å²) in [5, 5.41) is 0. The van der Waals surface area contributed by atoms with Crippen LogP contribution in [0.2, 0.25) is 0 Å². The molecule has 21 heavy (non-hydrogen) atoms. The van der Waals surface area contributed by atoms with Gasteiger partial charge >= 0.3 is 6.09 Å². The van der Waals surface area contributed by atoms with Gasteiger partial charge in [-0.05, 0) is 58.4 Å². The molecule has 0 unspecified atom stereocenters. The van der Waals surface area contributed by atoms with Crippen molar-refractivity contribution in [2.75, 3.05) is 6.54 Å². The molecule has 0 aromatic heterocycles. The van der Waals surface area contributed by atoms with Crippen LogP contribution in [0.3, 0.4) is 0 Å². The van der Waals surface area contributed by atoms with Crippen LogP contribution in [-0.2, 0) is 11.2 Å². The summed E-state index contributed by atoms with van der Waals surface area (Å²) in [7, 11) is 0. The lowest BCUT2D eigenvalue weighted by Gasteiger charge is -2.38. The molecule has 2 atom stereocenters. The van der Waals surface area contributed by atoms with Gasteiger partial charge < -0.3 is 9.64 Å². The van der Waals surface area contributed by atoms with Crippen LogP contribution in [0.4, 0.5) is 4.79 Å². The zero-order valence-electron chi connectivity index (χ0n) is 13.6. The second-order valence-electron chi connectivity index (χ2n) is 7.10. The molecule has 2 rings (SSSR count). The first kappa shape index (κ1) is 15.9. The fourth-order valence-electron chi connectivity index (χ4n) is 2.99. The summed E-state index contributed by atoms with van der Waals surface area (Å²) in [4.78, 5) is 14.1. The van der Waals surface area contributed by atoms with Crippen LogP contribution < -0.4 is 0 Å². The second-order valence-corrected chi connectivity index (χ2v) is 7.10. The molecule has 0 spiro atoms. The number of benzene rings is 1. The lowest BCUT2D eigenvalue weighted by Crippen LogP contribution is -2.47. The van der Waals surface area contributed by atoms with Gasteiger partial charge in [0, 0.05) is 12.6 Å². The van der Waals surface area contributed by atoms with E-state index in [4.69, 9.17) is 4.74 Å². The second kappa shape index (κ2) is 6.50. The van der Waals surface area contributed by atoms with Crippen molar-refractivity contribution in [3.63, 3.8) is 0 Å². The number of amides is 1. The number of rotatable bonds is 2. The van der Waals surface area contributed by atoms with Crippen LogP contribution in [0.1, 0.15) is 46.1 Å². The maximum atomic E-state index is 12.2. The molecule has 1 fully saturated rings. The topological polar surface area (TPSA) is 29.5 Å². The van der Waals surface area contributed by atoms with Crippen LogP contribution in [0, 0.1) is 5.92 Å². The molecule has 3 nitrogen and oxygen atoms in total. The number of hydrogen-bond donors (Lipinski definition) is 0. The van der Waals surface area contributed by atoms with Gasteiger partial charge in [0.25, 0.3) is 0 Å². The highest BCUT2D eigenvalue weighted by Gasteiger charge is 2.31. The van der Waals surface area contributed by atoms with E-state index in [0.717, 1.165) is 25.8 Å². The number of piperidine rings is 1. The fraction of sp³-hybridized carbons (Fsp3) is 0.611. The van der Waals surface area contributed by atoms with E-state index in [0.29, 0.717) is 5.92 Å². The minimum Gasteiger partial charge on any atom is -0.444 e. The number of ether oxygens (including phenoxy) is 1. The Bertz CT molecular complexity index is 464. The number of nitrogens with zero attached hydrogens (tertiary/aromatic N) is 1. The first-order valence-corrected chi connectivity index (χ1v) is 7.88. The minimum atomic E-state index is -0.419. The van der Waals surface area contributed by atoms with E-state index in [9.17, 15) is 4.79 Å². The molecule has 0 N–H and O–H groups in total. The van der Waals surface area contributed by atoms with Gasteiger partial charge in [0.1, 0.15) is 5.60 Å². The molecule has 1 aliphatic heterocycles. The van der Waals surface area contributed by atoms with Crippen molar-refractivity contribution in [1.82, 2.24) is 4.90 Å². The van der Waals surface area contributed by atoms with Crippen LogP contribution in [0.25, 0.3) is 0 Å². The summed E-state index contributed by atoms with van der Waals surface area (Å²) < 4.78 is 5.49. The Morgan fingerprint density at radius 2 is 1.95 bits per heavy atom. The van der Waals surface area contributed by atoms with E-state index in [1.165, 1.54) is 5.56 Å². The van der Waals surface area contributed by atoms with Gasteiger partial charge in [0.15, 0.2) is 0 Å². The third kappa shape index (κ3) is 4.76. The Kier molecular flexibility index (Phi) is 4.92.